The second-order valence-corrected chi connectivity index (χ2v) is 9.83. The molecule has 1 saturated heterocycles. The number of aryl methyl sites for hydroxylation is 1. The van der Waals surface area contributed by atoms with Crippen LogP contribution in [0.3, 0.4) is 0 Å². The van der Waals surface area contributed by atoms with Crippen molar-refractivity contribution < 1.29 is 9.13 Å². The van der Waals surface area contributed by atoms with Crippen LogP contribution in [0.15, 0.2) is 36.5 Å². The van der Waals surface area contributed by atoms with E-state index in [-0.39, 0.29) is 18.0 Å². The lowest BCUT2D eigenvalue weighted by Crippen LogP contribution is -2.25. The minimum atomic E-state index is -0.489. The van der Waals surface area contributed by atoms with Gasteiger partial charge in [-0.2, -0.15) is 5.10 Å². The number of aromatic nitrogens is 4. The third kappa shape index (κ3) is 3.97. The van der Waals surface area contributed by atoms with Crippen LogP contribution in [0.5, 0.6) is 5.75 Å². The number of benzene rings is 1. The van der Waals surface area contributed by atoms with E-state index in [0.29, 0.717) is 22.5 Å². The molecule has 1 saturated carbocycles. The predicted octanol–water partition coefficient (Wildman–Crippen LogP) is 4.88. The van der Waals surface area contributed by atoms with Gasteiger partial charge in [-0.25, -0.2) is 19.6 Å². The molecule has 0 bridgehead atoms. The number of fused-ring (bicyclic) bond motifs is 2. The fraction of sp³-hybridized carbons (Fsp3) is 0.385. The molecule has 1 unspecified atom stereocenters. The second kappa shape index (κ2) is 8.53. The lowest BCUT2D eigenvalue weighted by molar-refractivity contribution is 0.390. The number of methoxy groups -OCH3 is 1. The van der Waals surface area contributed by atoms with Gasteiger partial charge >= 0.3 is 0 Å². The average Bonchev–Trinajstić information content (AvgIpc) is 3.40. The molecule has 176 valence electrons. The van der Waals surface area contributed by atoms with Crippen molar-refractivity contribution in [2.45, 2.75) is 31.4 Å². The van der Waals surface area contributed by atoms with Gasteiger partial charge in [-0.15, -0.1) is 0 Å². The van der Waals surface area contributed by atoms with Crippen molar-refractivity contribution in [1.29, 1.82) is 5.26 Å². The molecule has 1 aromatic carbocycles. The highest BCUT2D eigenvalue weighted by Crippen LogP contribution is 2.39. The van der Waals surface area contributed by atoms with E-state index in [1.54, 1.807) is 17.9 Å². The summed E-state index contributed by atoms with van der Waals surface area (Å²) in [6.07, 6.45) is 6.42. The van der Waals surface area contributed by atoms with E-state index in [2.05, 4.69) is 16.0 Å². The van der Waals surface area contributed by atoms with Crippen LogP contribution in [0.25, 0.3) is 33.2 Å². The van der Waals surface area contributed by atoms with Crippen molar-refractivity contribution in [3.05, 3.63) is 42.3 Å². The number of hydrogen-bond acceptors (Lipinski definition) is 6. The van der Waals surface area contributed by atoms with Crippen LogP contribution in [-0.2, 0) is 7.05 Å². The Kier molecular flexibility index (Phi) is 5.32. The quantitative estimate of drug-likeness (QED) is 0.376. The molecule has 0 N–H and O–H groups in total. The molecule has 4 aromatic rings. The van der Waals surface area contributed by atoms with Crippen molar-refractivity contribution in [1.82, 2.24) is 19.7 Å². The van der Waals surface area contributed by atoms with Gasteiger partial charge in [-0.05, 0) is 48.5 Å². The fourth-order valence-corrected chi connectivity index (χ4v) is 5.33. The Hall–Kier alpha value is -3.67. The number of halogens is 1. The molecule has 1 aliphatic carbocycles. The van der Waals surface area contributed by atoms with Gasteiger partial charge in [-0.3, -0.25) is 4.68 Å². The first-order chi connectivity index (χ1) is 17.0. The van der Waals surface area contributed by atoms with Gasteiger partial charge in [-0.1, -0.05) is 19.2 Å². The summed E-state index contributed by atoms with van der Waals surface area (Å²) in [7, 11) is 3.22. The first-order valence-corrected chi connectivity index (χ1v) is 12.2. The summed E-state index contributed by atoms with van der Waals surface area (Å²) in [6.45, 7) is 1.93. The molecule has 7 nitrogen and oxygen atoms in total. The van der Waals surface area contributed by atoms with Gasteiger partial charge in [0, 0.05) is 43.3 Å². The SMILES string of the molecule is COc1c(-c2ccc3nc(N4CCC(B(C#N)CC5CC5)C4)ccc3n2)cc2cn(C)nc2c1F. The lowest BCUT2D eigenvalue weighted by atomic mass is 9.39. The zero-order chi connectivity index (χ0) is 24.1. The van der Waals surface area contributed by atoms with E-state index >= 15 is 4.39 Å². The summed E-state index contributed by atoms with van der Waals surface area (Å²) in [5.41, 5.74) is 2.99. The Morgan fingerprint density at radius 3 is 2.74 bits per heavy atom. The van der Waals surface area contributed by atoms with E-state index in [4.69, 9.17) is 14.7 Å². The minimum Gasteiger partial charge on any atom is -0.493 e. The molecule has 0 radical (unpaired) electrons. The first kappa shape index (κ1) is 21.8. The number of anilines is 1. The van der Waals surface area contributed by atoms with Crippen molar-refractivity contribution >= 4 is 34.5 Å². The summed E-state index contributed by atoms with van der Waals surface area (Å²) >= 11 is 0. The molecular weight excluding hydrogens is 442 g/mol. The first-order valence-electron chi connectivity index (χ1n) is 12.2. The smallest absolute Gasteiger partial charge is 0.273 e. The monoisotopic (exact) mass is 468 g/mol. The van der Waals surface area contributed by atoms with Crippen LogP contribution in [0, 0.1) is 23.0 Å². The summed E-state index contributed by atoms with van der Waals surface area (Å²) in [5.74, 6) is 4.29. The Bertz CT molecular complexity index is 1480. The number of pyridine rings is 2. The van der Waals surface area contributed by atoms with Crippen LogP contribution >= 0.6 is 0 Å². The molecule has 1 aliphatic heterocycles. The number of rotatable bonds is 6. The molecule has 0 spiro atoms. The molecule has 3 aromatic heterocycles. The molecule has 0 amide bonds. The Balaban J connectivity index is 1.29. The van der Waals surface area contributed by atoms with E-state index in [1.165, 1.54) is 20.0 Å². The molecule has 1 atom stereocenters. The van der Waals surface area contributed by atoms with Gasteiger partial charge in [0.05, 0.1) is 23.8 Å². The van der Waals surface area contributed by atoms with E-state index in [9.17, 15) is 5.26 Å². The molecule has 9 heteroatoms. The van der Waals surface area contributed by atoms with Crippen molar-refractivity contribution in [3.8, 4) is 23.0 Å². The zero-order valence-electron chi connectivity index (χ0n) is 19.9. The number of nitrogens with zero attached hydrogens (tertiary/aromatic N) is 6. The Morgan fingerprint density at radius 2 is 1.97 bits per heavy atom. The zero-order valence-corrected chi connectivity index (χ0v) is 19.9. The molecular formula is C26H26BFN6O. The minimum absolute atomic E-state index is 0.133. The molecule has 2 fully saturated rings. The lowest BCUT2D eigenvalue weighted by Gasteiger charge is -2.19. The summed E-state index contributed by atoms with van der Waals surface area (Å²) < 4.78 is 22.1. The van der Waals surface area contributed by atoms with Crippen LogP contribution in [-0.4, -0.2) is 46.7 Å². The molecule has 6 rings (SSSR count). The van der Waals surface area contributed by atoms with Gasteiger partial charge in [0.2, 0.25) is 0 Å². The van der Waals surface area contributed by atoms with E-state index < -0.39 is 5.82 Å². The normalized spacial score (nSPS) is 17.8. The van der Waals surface area contributed by atoms with Crippen LogP contribution < -0.4 is 9.64 Å². The molecule has 2 aliphatic rings. The Labute approximate surface area is 203 Å². The van der Waals surface area contributed by atoms with E-state index in [0.717, 1.165) is 48.6 Å². The maximum absolute atomic E-state index is 15.1. The molecule has 35 heavy (non-hydrogen) atoms. The summed E-state index contributed by atoms with van der Waals surface area (Å²) in [4.78, 5) is 11.9. The van der Waals surface area contributed by atoms with Crippen LogP contribution in [0.4, 0.5) is 10.2 Å². The number of nitriles is 1. The number of hydrogen-bond donors (Lipinski definition) is 0. The number of ether oxygens (including phenoxy) is 1. The van der Waals surface area contributed by atoms with Crippen molar-refractivity contribution in [3.63, 3.8) is 0 Å². The average molecular weight is 468 g/mol. The topological polar surface area (TPSA) is 79.9 Å². The summed E-state index contributed by atoms with van der Waals surface area (Å²) in [5, 5.41) is 14.6. The van der Waals surface area contributed by atoms with Gasteiger partial charge in [0.1, 0.15) is 11.3 Å². The molecule has 4 heterocycles. The van der Waals surface area contributed by atoms with Crippen molar-refractivity contribution in [2.24, 2.45) is 13.0 Å². The largest absolute Gasteiger partial charge is 0.493 e. The maximum Gasteiger partial charge on any atom is 0.273 e. The maximum atomic E-state index is 15.1. The third-order valence-corrected chi connectivity index (χ3v) is 7.38. The van der Waals surface area contributed by atoms with Gasteiger partial charge < -0.3 is 9.64 Å². The summed E-state index contributed by atoms with van der Waals surface area (Å²) in [6, 6.07) is 9.59. The van der Waals surface area contributed by atoms with Crippen LogP contribution in [0.2, 0.25) is 12.1 Å². The highest BCUT2D eigenvalue weighted by Gasteiger charge is 2.37. The van der Waals surface area contributed by atoms with Gasteiger partial charge in [0.15, 0.2) is 11.6 Å². The van der Waals surface area contributed by atoms with Gasteiger partial charge in [0.25, 0.3) is 6.71 Å². The van der Waals surface area contributed by atoms with Crippen molar-refractivity contribution in [2.75, 3.05) is 25.1 Å². The van der Waals surface area contributed by atoms with Crippen LogP contribution in [0.1, 0.15) is 19.3 Å². The fourth-order valence-electron chi connectivity index (χ4n) is 5.33. The second-order valence-electron chi connectivity index (χ2n) is 9.83. The standard InChI is InChI=1S/C26H26BFN6O/c1-33-13-17-11-19(26(35-2)24(28)25(17)32-33)20-5-6-22-21(30-20)7-8-23(31-22)34-10-9-18(14-34)27(15-29)12-16-3-4-16/h5-8,11,13,16,18H,3-4,9-10,12,14H2,1-2H3. The highest BCUT2D eigenvalue weighted by molar-refractivity contribution is 6.68. The third-order valence-electron chi connectivity index (χ3n) is 7.38. The predicted molar refractivity (Wildman–Crippen MR) is 135 cm³/mol. The van der Waals surface area contributed by atoms with E-state index in [1.807, 2.05) is 30.3 Å². The highest BCUT2D eigenvalue weighted by atomic mass is 19.1. The Morgan fingerprint density at radius 1 is 1.17 bits per heavy atom.